The van der Waals surface area contributed by atoms with Crippen LogP contribution in [0, 0.1) is 0 Å². The van der Waals surface area contributed by atoms with Gasteiger partial charge in [-0.2, -0.15) is 13.2 Å². The summed E-state index contributed by atoms with van der Waals surface area (Å²) in [5.41, 5.74) is 0.104. The van der Waals surface area contributed by atoms with Gasteiger partial charge in [0.05, 0.1) is 6.42 Å². The van der Waals surface area contributed by atoms with Crippen LogP contribution in [0.5, 0.6) is 0 Å². The van der Waals surface area contributed by atoms with Crippen LogP contribution in [0.15, 0.2) is 40.8 Å². The van der Waals surface area contributed by atoms with Crippen molar-refractivity contribution in [1.29, 1.82) is 0 Å². The topological polar surface area (TPSA) is 47.3 Å². The number of alkyl halides is 3. The minimum absolute atomic E-state index is 0.0905. The highest BCUT2D eigenvalue weighted by Crippen LogP contribution is 2.39. The Bertz CT molecular complexity index is 750. The first-order valence-electron chi connectivity index (χ1n) is 7.10. The minimum Gasteiger partial charge on any atom is -0.465 e. The van der Waals surface area contributed by atoms with E-state index in [-0.39, 0.29) is 34.3 Å². The summed E-state index contributed by atoms with van der Waals surface area (Å²) in [5, 5.41) is 0.270. The molecular formula is C17H14ClF3O3. The van der Waals surface area contributed by atoms with Gasteiger partial charge < -0.3 is 4.42 Å². The normalized spacial score (nSPS) is 12.9. The number of carbonyl (C=O) groups is 2. The van der Waals surface area contributed by atoms with Crippen LogP contribution in [0.4, 0.5) is 13.2 Å². The molecule has 0 aliphatic rings. The number of hydrogen-bond donors (Lipinski definition) is 0. The Kier molecular flexibility index (Phi) is 5.49. The minimum atomic E-state index is -4.65. The summed E-state index contributed by atoms with van der Waals surface area (Å²) in [5.74, 6) is -3.24. The van der Waals surface area contributed by atoms with Crippen molar-refractivity contribution in [2.45, 2.75) is 31.9 Å². The zero-order chi connectivity index (χ0) is 17.9. The lowest BCUT2D eigenvalue weighted by molar-refractivity contribution is -0.153. The van der Waals surface area contributed by atoms with Crippen LogP contribution in [-0.2, 0) is 11.2 Å². The molecule has 1 atom stereocenters. The van der Waals surface area contributed by atoms with Crippen molar-refractivity contribution < 1.29 is 27.2 Å². The first kappa shape index (κ1) is 18.3. The third-order valence-corrected chi connectivity index (χ3v) is 3.62. The van der Waals surface area contributed by atoms with E-state index in [1.807, 2.05) is 0 Å². The van der Waals surface area contributed by atoms with Gasteiger partial charge in [-0.05, 0) is 31.2 Å². The Balaban J connectivity index is 2.24. The van der Waals surface area contributed by atoms with E-state index < -0.39 is 24.3 Å². The summed E-state index contributed by atoms with van der Waals surface area (Å²) in [4.78, 5) is 23.2. The second-order valence-corrected chi connectivity index (χ2v) is 5.85. The van der Waals surface area contributed by atoms with Crippen LogP contribution in [0.3, 0.4) is 0 Å². The molecule has 1 heterocycles. The lowest BCUT2D eigenvalue weighted by Crippen LogP contribution is -2.23. The van der Waals surface area contributed by atoms with Crippen molar-refractivity contribution in [3.8, 4) is 0 Å². The number of rotatable bonds is 6. The second-order valence-electron chi connectivity index (χ2n) is 5.41. The van der Waals surface area contributed by atoms with Gasteiger partial charge in [0.25, 0.3) is 0 Å². The van der Waals surface area contributed by atoms with Gasteiger partial charge in [-0.25, -0.2) is 0 Å². The lowest BCUT2D eigenvalue weighted by Gasteiger charge is -2.17. The first-order chi connectivity index (χ1) is 11.2. The van der Waals surface area contributed by atoms with Gasteiger partial charge in [0, 0.05) is 17.0 Å². The van der Waals surface area contributed by atoms with E-state index in [0.717, 1.165) is 6.07 Å². The second kappa shape index (κ2) is 7.21. The first-order valence-corrected chi connectivity index (χ1v) is 7.48. The van der Waals surface area contributed by atoms with E-state index in [1.165, 1.54) is 37.3 Å². The predicted octanol–water partition coefficient (Wildman–Crippen LogP) is 4.98. The SMILES string of the molecule is CC(=O)Cc1ccc([C@H](CC(=O)c2cccc(Cl)c2)C(F)(F)F)o1. The fraction of sp³-hybridized carbons (Fsp3) is 0.294. The van der Waals surface area contributed by atoms with Gasteiger partial charge in [0.1, 0.15) is 23.2 Å². The highest BCUT2D eigenvalue weighted by Gasteiger charge is 2.44. The number of furan rings is 1. The van der Waals surface area contributed by atoms with E-state index in [4.69, 9.17) is 16.0 Å². The highest BCUT2D eigenvalue weighted by atomic mass is 35.5. The zero-order valence-corrected chi connectivity index (χ0v) is 13.4. The van der Waals surface area contributed by atoms with E-state index >= 15 is 0 Å². The molecule has 0 spiro atoms. The van der Waals surface area contributed by atoms with Crippen LogP contribution in [0.1, 0.15) is 41.1 Å². The molecule has 128 valence electrons. The average Bonchev–Trinajstić information content (AvgIpc) is 2.90. The molecule has 0 N–H and O–H groups in total. The van der Waals surface area contributed by atoms with Crippen LogP contribution in [0.25, 0.3) is 0 Å². The number of carbonyl (C=O) groups excluding carboxylic acids is 2. The largest absolute Gasteiger partial charge is 0.465 e. The number of benzene rings is 1. The van der Waals surface area contributed by atoms with E-state index in [2.05, 4.69) is 0 Å². The molecule has 0 amide bonds. The number of hydrogen-bond acceptors (Lipinski definition) is 3. The van der Waals surface area contributed by atoms with Crippen molar-refractivity contribution in [3.63, 3.8) is 0 Å². The van der Waals surface area contributed by atoms with Gasteiger partial charge in [-0.3, -0.25) is 9.59 Å². The molecule has 2 aromatic rings. The molecule has 0 radical (unpaired) electrons. The summed E-state index contributed by atoms with van der Waals surface area (Å²) in [7, 11) is 0. The highest BCUT2D eigenvalue weighted by molar-refractivity contribution is 6.31. The predicted molar refractivity (Wildman–Crippen MR) is 82.3 cm³/mol. The summed E-state index contributed by atoms with van der Waals surface area (Å²) < 4.78 is 45.1. The van der Waals surface area contributed by atoms with Gasteiger partial charge >= 0.3 is 6.18 Å². The van der Waals surface area contributed by atoms with Crippen molar-refractivity contribution in [2.24, 2.45) is 0 Å². The molecule has 1 aromatic heterocycles. The van der Waals surface area contributed by atoms with Crippen LogP contribution < -0.4 is 0 Å². The third-order valence-electron chi connectivity index (χ3n) is 3.38. The summed E-state index contributed by atoms with van der Waals surface area (Å²) in [6.07, 6.45) is -5.54. The molecule has 3 nitrogen and oxygen atoms in total. The van der Waals surface area contributed by atoms with E-state index in [9.17, 15) is 22.8 Å². The van der Waals surface area contributed by atoms with Crippen LogP contribution >= 0.6 is 11.6 Å². The summed E-state index contributed by atoms with van der Waals surface area (Å²) in [6.45, 7) is 1.31. The maximum absolute atomic E-state index is 13.3. The molecule has 0 aliphatic heterocycles. The Morgan fingerprint density at radius 3 is 2.50 bits per heavy atom. The Labute approximate surface area is 141 Å². The molecule has 0 aliphatic carbocycles. The molecule has 2 rings (SSSR count). The molecule has 0 fully saturated rings. The third kappa shape index (κ3) is 4.71. The summed E-state index contributed by atoms with van der Waals surface area (Å²) >= 11 is 5.76. The van der Waals surface area contributed by atoms with E-state index in [1.54, 1.807) is 0 Å². The monoisotopic (exact) mass is 358 g/mol. The average molecular weight is 359 g/mol. The smallest absolute Gasteiger partial charge is 0.399 e. The Morgan fingerprint density at radius 1 is 1.21 bits per heavy atom. The molecule has 0 unspecified atom stereocenters. The zero-order valence-electron chi connectivity index (χ0n) is 12.7. The maximum Gasteiger partial charge on any atom is 0.399 e. The maximum atomic E-state index is 13.3. The van der Waals surface area contributed by atoms with Gasteiger partial charge in [-0.1, -0.05) is 23.7 Å². The van der Waals surface area contributed by atoms with Crippen LogP contribution in [-0.4, -0.2) is 17.7 Å². The molecule has 0 saturated heterocycles. The van der Waals surface area contributed by atoms with E-state index in [0.29, 0.717) is 0 Å². The number of ketones is 2. The van der Waals surface area contributed by atoms with Gasteiger partial charge in [-0.15, -0.1) is 0 Å². The molecule has 0 saturated carbocycles. The lowest BCUT2D eigenvalue weighted by atomic mass is 9.95. The molecule has 24 heavy (non-hydrogen) atoms. The molecule has 1 aromatic carbocycles. The molecule has 7 heteroatoms. The van der Waals surface area contributed by atoms with Gasteiger partial charge in [0.15, 0.2) is 5.78 Å². The molecular weight excluding hydrogens is 345 g/mol. The summed E-state index contributed by atoms with van der Waals surface area (Å²) in [6, 6.07) is 8.22. The van der Waals surface area contributed by atoms with Crippen molar-refractivity contribution >= 4 is 23.2 Å². The Hall–Kier alpha value is -2.08. The Morgan fingerprint density at radius 2 is 1.92 bits per heavy atom. The standard InChI is InChI=1S/C17H14ClF3O3/c1-10(22)7-13-5-6-16(24-13)14(17(19,20)21)9-15(23)11-3-2-4-12(18)8-11/h2-6,8,14H,7,9H2,1H3/t14-/m0/s1. The van der Waals surface area contributed by atoms with Crippen LogP contribution in [0.2, 0.25) is 5.02 Å². The van der Waals surface area contributed by atoms with Crippen molar-refractivity contribution in [1.82, 2.24) is 0 Å². The quantitative estimate of drug-likeness (QED) is 0.684. The van der Waals surface area contributed by atoms with Crippen molar-refractivity contribution in [2.75, 3.05) is 0 Å². The number of Topliss-reactive ketones (excluding diaryl/α,β-unsaturated/α-hetero) is 2. The fourth-order valence-corrected chi connectivity index (χ4v) is 2.46. The number of halogens is 4. The van der Waals surface area contributed by atoms with Gasteiger partial charge in [0.2, 0.25) is 0 Å². The molecule has 0 bridgehead atoms. The van der Waals surface area contributed by atoms with Crippen molar-refractivity contribution in [3.05, 3.63) is 58.5 Å². The fourth-order valence-electron chi connectivity index (χ4n) is 2.26.